The van der Waals surface area contributed by atoms with Crippen LogP contribution < -0.4 is 0 Å². The Morgan fingerprint density at radius 3 is 1.14 bits per heavy atom. The molecule has 0 amide bonds. The van der Waals surface area contributed by atoms with Gasteiger partial charge in [0, 0.05) is 12.1 Å². The van der Waals surface area contributed by atoms with E-state index < -0.39 is 36.2 Å². The maximum absolute atomic E-state index is 10.6. The van der Waals surface area contributed by atoms with Crippen molar-refractivity contribution in [3.05, 3.63) is 129 Å². The van der Waals surface area contributed by atoms with Crippen molar-refractivity contribution in [2.75, 3.05) is 0 Å². The molecule has 11 heteroatoms. The zero-order chi connectivity index (χ0) is 25.4. The lowest BCUT2D eigenvalue weighted by atomic mass is 10.3. The van der Waals surface area contributed by atoms with Crippen LogP contribution >= 0.6 is 0 Å². The number of nitro benzene ring substituents is 2. The van der Waals surface area contributed by atoms with Gasteiger partial charge in [-0.3, -0.25) is 20.2 Å². The van der Waals surface area contributed by atoms with Gasteiger partial charge in [-0.05, 0) is 36.4 Å². The van der Waals surface area contributed by atoms with E-state index in [1.165, 1.54) is 14.7 Å². The number of rotatable bonds is 6. The highest BCUT2D eigenvalue weighted by molar-refractivity contribution is 7.97. The molecule has 0 aliphatic carbocycles. The molecule has 178 valence electrons. The SMILES string of the molecule is O=[N+]([O-])c1cc([N+](=O)[O-])cc(S(=O)(=O)[O-])c1.c1ccc([S+](c2ccccc2)c2ccccc2)cc1. The zero-order valence-corrected chi connectivity index (χ0v) is 19.6. The van der Waals surface area contributed by atoms with Crippen molar-refractivity contribution in [3.8, 4) is 0 Å². The molecule has 0 aliphatic heterocycles. The van der Waals surface area contributed by atoms with Crippen LogP contribution in [0.5, 0.6) is 0 Å². The number of benzene rings is 4. The van der Waals surface area contributed by atoms with Gasteiger partial charge in [0.15, 0.2) is 14.7 Å². The molecule has 0 saturated heterocycles. The third kappa shape index (κ3) is 6.96. The van der Waals surface area contributed by atoms with E-state index in [0.29, 0.717) is 18.2 Å². The Hall–Kier alpha value is -4.06. The van der Waals surface area contributed by atoms with Crippen LogP contribution in [0.25, 0.3) is 0 Å². The first-order chi connectivity index (χ1) is 16.7. The zero-order valence-electron chi connectivity index (χ0n) is 18.0. The van der Waals surface area contributed by atoms with Gasteiger partial charge in [0.25, 0.3) is 11.4 Å². The Morgan fingerprint density at radius 1 is 0.571 bits per heavy atom. The molecule has 0 radical (unpaired) electrons. The highest BCUT2D eigenvalue weighted by Gasteiger charge is 2.27. The van der Waals surface area contributed by atoms with Crippen LogP contribution in [-0.2, 0) is 21.0 Å². The number of non-ortho nitro benzene ring substituents is 2. The molecule has 9 nitrogen and oxygen atoms in total. The topological polar surface area (TPSA) is 143 Å². The third-order valence-electron chi connectivity index (χ3n) is 4.52. The van der Waals surface area contributed by atoms with Crippen molar-refractivity contribution in [1.82, 2.24) is 0 Å². The number of hydrogen-bond acceptors (Lipinski definition) is 7. The Morgan fingerprint density at radius 2 is 0.886 bits per heavy atom. The lowest BCUT2D eigenvalue weighted by Gasteiger charge is -2.07. The second kappa shape index (κ2) is 11.4. The summed E-state index contributed by atoms with van der Waals surface area (Å²) in [6.07, 6.45) is 0. The van der Waals surface area contributed by atoms with Crippen LogP contribution in [0, 0.1) is 20.2 Å². The van der Waals surface area contributed by atoms with E-state index in [4.69, 9.17) is 0 Å². The predicted octanol–water partition coefficient (Wildman–Crippen LogP) is 5.19. The van der Waals surface area contributed by atoms with E-state index >= 15 is 0 Å². The first kappa shape index (κ1) is 25.6. The van der Waals surface area contributed by atoms with Crippen LogP contribution in [0.2, 0.25) is 0 Å². The van der Waals surface area contributed by atoms with Crippen LogP contribution in [0.4, 0.5) is 11.4 Å². The summed E-state index contributed by atoms with van der Waals surface area (Å²) in [7, 11) is -4.99. The van der Waals surface area contributed by atoms with E-state index in [-0.39, 0.29) is 10.9 Å². The van der Waals surface area contributed by atoms with E-state index in [1.54, 1.807) is 0 Å². The number of nitro groups is 2. The average Bonchev–Trinajstić information content (AvgIpc) is 2.86. The summed E-state index contributed by atoms with van der Waals surface area (Å²) in [6.45, 7) is 0. The van der Waals surface area contributed by atoms with Gasteiger partial charge in [0.1, 0.15) is 10.1 Å². The Labute approximate surface area is 204 Å². The van der Waals surface area contributed by atoms with Gasteiger partial charge in [-0.25, -0.2) is 8.42 Å². The minimum Gasteiger partial charge on any atom is -0.744 e. The summed E-state index contributed by atoms with van der Waals surface area (Å²) in [5.74, 6) is 0. The standard InChI is InChI=1S/C18H15S.C6H4N2O7S/c1-4-10-16(11-5-1)19(17-12-6-2-7-13-17)18-14-8-3-9-15-18;9-7(10)4-1-5(8(11)12)3-6(2-4)16(13,14)15/h1-15H;1-3H,(H,13,14,15)/q+1;/p-1. The van der Waals surface area contributed by atoms with Crippen LogP contribution in [0.1, 0.15) is 0 Å². The van der Waals surface area contributed by atoms with Crippen LogP contribution in [0.15, 0.2) is 129 Å². The van der Waals surface area contributed by atoms with E-state index in [2.05, 4.69) is 91.0 Å². The molecule has 0 N–H and O–H groups in total. The molecule has 4 aromatic rings. The molecule has 0 heterocycles. The second-order valence-electron chi connectivity index (χ2n) is 6.90. The van der Waals surface area contributed by atoms with E-state index in [1.807, 2.05) is 0 Å². The van der Waals surface area contributed by atoms with Gasteiger partial charge in [0.2, 0.25) is 0 Å². The summed E-state index contributed by atoms with van der Waals surface area (Å²) in [5.41, 5.74) is -1.66. The lowest BCUT2D eigenvalue weighted by Crippen LogP contribution is -2.04. The van der Waals surface area contributed by atoms with Crippen LogP contribution in [0.3, 0.4) is 0 Å². The molecular formula is C24H18N2O7S2. The minimum absolute atomic E-state index is 0.0146. The molecule has 0 unspecified atom stereocenters. The summed E-state index contributed by atoms with van der Waals surface area (Å²) in [6, 6.07) is 33.7. The molecule has 0 aliphatic rings. The molecular weight excluding hydrogens is 492 g/mol. The normalized spacial score (nSPS) is 10.8. The van der Waals surface area contributed by atoms with Gasteiger partial charge in [-0.1, -0.05) is 54.6 Å². The smallest absolute Gasteiger partial charge is 0.277 e. The Kier molecular flexibility index (Phi) is 8.31. The van der Waals surface area contributed by atoms with Gasteiger partial charge >= 0.3 is 0 Å². The summed E-state index contributed by atoms with van der Waals surface area (Å²) in [5, 5.41) is 20.7. The highest BCUT2D eigenvalue weighted by atomic mass is 32.2. The molecule has 0 atom stereocenters. The number of hydrogen-bond donors (Lipinski definition) is 0. The van der Waals surface area contributed by atoms with Gasteiger partial charge in [-0.15, -0.1) is 0 Å². The number of nitrogens with zero attached hydrogens (tertiary/aromatic N) is 2. The average molecular weight is 511 g/mol. The van der Waals surface area contributed by atoms with E-state index in [9.17, 15) is 33.2 Å². The van der Waals surface area contributed by atoms with Crippen molar-refractivity contribution >= 4 is 32.4 Å². The summed E-state index contributed by atoms with van der Waals surface area (Å²) >= 11 is 0. The predicted molar refractivity (Wildman–Crippen MR) is 129 cm³/mol. The van der Waals surface area contributed by atoms with Crippen molar-refractivity contribution in [2.45, 2.75) is 19.6 Å². The quantitative estimate of drug-likeness (QED) is 0.150. The monoisotopic (exact) mass is 510 g/mol. The fraction of sp³-hybridized carbons (Fsp3) is 0. The van der Waals surface area contributed by atoms with Crippen LogP contribution in [-0.4, -0.2) is 22.8 Å². The van der Waals surface area contributed by atoms with Gasteiger partial charge < -0.3 is 4.55 Å². The summed E-state index contributed by atoms with van der Waals surface area (Å²) in [4.78, 5) is 21.7. The fourth-order valence-electron chi connectivity index (χ4n) is 3.00. The lowest BCUT2D eigenvalue weighted by molar-refractivity contribution is -0.394. The molecule has 0 saturated carbocycles. The van der Waals surface area contributed by atoms with Crippen molar-refractivity contribution in [1.29, 1.82) is 0 Å². The van der Waals surface area contributed by atoms with Crippen molar-refractivity contribution in [3.63, 3.8) is 0 Å². The van der Waals surface area contributed by atoms with Gasteiger partial charge in [-0.2, -0.15) is 0 Å². The fourth-order valence-corrected chi connectivity index (χ4v) is 5.64. The maximum atomic E-state index is 10.6. The Bertz CT molecular complexity index is 1290. The van der Waals surface area contributed by atoms with Gasteiger partial charge in [0.05, 0.1) is 31.7 Å². The minimum atomic E-state index is -4.97. The molecule has 35 heavy (non-hydrogen) atoms. The van der Waals surface area contributed by atoms with Crippen molar-refractivity contribution < 1.29 is 22.8 Å². The first-order valence-corrected chi connectivity index (χ1v) is 12.6. The summed E-state index contributed by atoms with van der Waals surface area (Å²) < 4.78 is 31.7. The third-order valence-corrected chi connectivity index (χ3v) is 7.57. The van der Waals surface area contributed by atoms with Crippen molar-refractivity contribution in [2.24, 2.45) is 0 Å². The second-order valence-corrected chi connectivity index (χ2v) is 10.3. The molecule has 0 aromatic heterocycles. The molecule has 0 fully saturated rings. The molecule has 0 bridgehead atoms. The highest BCUT2D eigenvalue weighted by Crippen LogP contribution is 2.30. The Balaban J connectivity index is 0.000000199. The maximum Gasteiger partial charge on any atom is 0.277 e. The molecule has 0 spiro atoms. The van der Waals surface area contributed by atoms with E-state index in [0.717, 1.165) is 0 Å². The molecule has 4 aromatic carbocycles. The molecule has 4 rings (SSSR count). The first-order valence-electron chi connectivity index (χ1n) is 9.96. The largest absolute Gasteiger partial charge is 0.744 e.